The fourth-order valence-corrected chi connectivity index (χ4v) is 6.19. The highest BCUT2D eigenvalue weighted by atomic mass is 32.2. The van der Waals surface area contributed by atoms with Gasteiger partial charge in [-0.2, -0.15) is 4.31 Å². The minimum Gasteiger partial charge on any atom is -0.497 e. The number of amides is 1. The van der Waals surface area contributed by atoms with E-state index in [2.05, 4.69) is 22.4 Å². The standard InChI is InChI=1S/C18H24N4O4S3/c1-3-11-27-18-21-20-17(28-18)19-16(23)13-5-4-10-22(12-13)29(24,25)15-8-6-14(26-2)7-9-15/h6-9,13H,3-5,10-12H2,1-2H3,(H,19,20,23). The van der Waals surface area contributed by atoms with Crippen molar-refractivity contribution in [2.45, 2.75) is 35.4 Å². The summed E-state index contributed by atoms with van der Waals surface area (Å²) in [6.45, 7) is 2.64. The number of ether oxygens (including phenoxy) is 1. The van der Waals surface area contributed by atoms with Crippen LogP contribution in [-0.2, 0) is 14.8 Å². The van der Waals surface area contributed by atoms with E-state index in [9.17, 15) is 13.2 Å². The molecule has 2 aromatic rings. The van der Waals surface area contributed by atoms with E-state index in [1.807, 2.05) is 0 Å². The lowest BCUT2D eigenvalue weighted by Gasteiger charge is -2.31. The van der Waals surface area contributed by atoms with Crippen LogP contribution < -0.4 is 10.1 Å². The number of anilines is 1. The van der Waals surface area contributed by atoms with E-state index in [-0.39, 0.29) is 17.3 Å². The van der Waals surface area contributed by atoms with Crippen molar-refractivity contribution in [2.24, 2.45) is 5.92 Å². The van der Waals surface area contributed by atoms with Gasteiger partial charge in [0.25, 0.3) is 0 Å². The summed E-state index contributed by atoms with van der Waals surface area (Å²) in [5.41, 5.74) is 0. The third kappa shape index (κ3) is 5.47. The monoisotopic (exact) mass is 456 g/mol. The maximum Gasteiger partial charge on any atom is 0.243 e. The van der Waals surface area contributed by atoms with Crippen molar-refractivity contribution in [3.8, 4) is 5.75 Å². The molecule has 0 saturated carbocycles. The molecule has 0 aliphatic carbocycles. The van der Waals surface area contributed by atoms with E-state index in [1.165, 1.54) is 34.9 Å². The third-order valence-corrected chi connectivity index (χ3v) is 8.58. The van der Waals surface area contributed by atoms with Crippen molar-refractivity contribution >= 4 is 44.2 Å². The number of thioether (sulfide) groups is 1. The van der Waals surface area contributed by atoms with Gasteiger partial charge in [0.05, 0.1) is 17.9 Å². The molecule has 1 aromatic heterocycles. The van der Waals surface area contributed by atoms with Gasteiger partial charge in [0.2, 0.25) is 21.1 Å². The molecule has 1 fully saturated rings. The summed E-state index contributed by atoms with van der Waals surface area (Å²) >= 11 is 2.94. The summed E-state index contributed by atoms with van der Waals surface area (Å²) in [7, 11) is -2.13. The number of sulfonamides is 1. The quantitative estimate of drug-likeness (QED) is 0.481. The normalized spacial score (nSPS) is 17.8. The average molecular weight is 457 g/mol. The Morgan fingerprint density at radius 1 is 1.34 bits per heavy atom. The zero-order chi connectivity index (χ0) is 20.9. The molecule has 2 heterocycles. The van der Waals surface area contributed by atoms with Gasteiger partial charge in [0, 0.05) is 18.8 Å². The lowest BCUT2D eigenvalue weighted by Crippen LogP contribution is -2.43. The van der Waals surface area contributed by atoms with Crippen LogP contribution in [0.2, 0.25) is 0 Å². The predicted octanol–water partition coefficient (Wildman–Crippen LogP) is 3.09. The zero-order valence-electron chi connectivity index (χ0n) is 16.3. The number of hydrogen-bond acceptors (Lipinski definition) is 8. The van der Waals surface area contributed by atoms with Gasteiger partial charge in [0.15, 0.2) is 4.34 Å². The number of hydrogen-bond donors (Lipinski definition) is 1. The van der Waals surface area contributed by atoms with E-state index >= 15 is 0 Å². The number of piperidine rings is 1. The molecule has 1 aromatic carbocycles. The summed E-state index contributed by atoms with van der Waals surface area (Å²) in [5.74, 6) is 0.896. The van der Waals surface area contributed by atoms with Gasteiger partial charge >= 0.3 is 0 Å². The van der Waals surface area contributed by atoms with Crippen LogP contribution in [0.25, 0.3) is 0 Å². The van der Waals surface area contributed by atoms with Crippen LogP contribution in [0.5, 0.6) is 5.75 Å². The van der Waals surface area contributed by atoms with E-state index in [1.54, 1.807) is 23.9 Å². The van der Waals surface area contributed by atoms with Crippen LogP contribution in [-0.4, -0.2) is 54.8 Å². The van der Waals surface area contributed by atoms with E-state index in [4.69, 9.17) is 4.74 Å². The molecule has 1 atom stereocenters. The van der Waals surface area contributed by atoms with Crippen LogP contribution in [0.15, 0.2) is 33.5 Å². The topological polar surface area (TPSA) is 101 Å². The summed E-state index contributed by atoms with van der Waals surface area (Å²) in [6, 6.07) is 6.28. The fourth-order valence-electron chi connectivity index (χ4n) is 2.99. The molecule has 0 radical (unpaired) electrons. The number of methoxy groups -OCH3 is 1. The Kier molecular flexibility index (Phi) is 7.49. The molecule has 8 nitrogen and oxygen atoms in total. The maximum absolute atomic E-state index is 12.9. The Morgan fingerprint density at radius 2 is 2.10 bits per heavy atom. The van der Waals surface area contributed by atoms with Crippen LogP contribution in [0.4, 0.5) is 5.13 Å². The fraction of sp³-hybridized carbons (Fsp3) is 0.500. The first-order chi connectivity index (χ1) is 13.9. The number of nitrogens with one attached hydrogen (secondary N) is 1. The molecule has 1 aliphatic heterocycles. The number of nitrogens with zero attached hydrogens (tertiary/aromatic N) is 3. The molecule has 29 heavy (non-hydrogen) atoms. The predicted molar refractivity (Wildman–Crippen MR) is 114 cm³/mol. The SMILES string of the molecule is CCCSc1nnc(NC(=O)C2CCCN(S(=O)(=O)c3ccc(OC)cc3)C2)s1. The van der Waals surface area contributed by atoms with Crippen LogP contribution in [0.3, 0.4) is 0 Å². The van der Waals surface area contributed by atoms with Crippen LogP contribution in [0, 0.1) is 5.92 Å². The highest BCUT2D eigenvalue weighted by Crippen LogP contribution is 2.28. The molecular formula is C18H24N4O4S3. The van der Waals surface area contributed by atoms with Crippen LogP contribution >= 0.6 is 23.1 Å². The molecule has 1 saturated heterocycles. The first-order valence-electron chi connectivity index (χ1n) is 9.35. The van der Waals surface area contributed by atoms with Crippen molar-refractivity contribution < 1.29 is 17.9 Å². The number of carbonyl (C=O) groups is 1. The average Bonchev–Trinajstić information content (AvgIpc) is 3.19. The molecule has 0 spiro atoms. The van der Waals surface area contributed by atoms with Gasteiger partial charge in [-0.05, 0) is 43.5 Å². The summed E-state index contributed by atoms with van der Waals surface area (Å²) in [5, 5.41) is 11.3. The minimum absolute atomic E-state index is 0.149. The Bertz CT molecular complexity index is 931. The molecular weight excluding hydrogens is 432 g/mol. The van der Waals surface area contributed by atoms with E-state index in [0.29, 0.717) is 30.3 Å². The number of carbonyl (C=O) groups excluding carboxylic acids is 1. The van der Waals surface area contributed by atoms with E-state index < -0.39 is 15.9 Å². The Morgan fingerprint density at radius 3 is 2.79 bits per heavy atom. The minimum atomic E-state index is -3.66. The Labute approximate surface area is 179 Å². The lowest BCUT2D eigenvalue weighted by molar-refractivity contribution is -0.120. The summed E-state index contributed by atoms with van der Waals surface area (Å²) in [4.78, 5) is 12.9. The number of benzene rings is 1. The Balaban J connectivity index is 1.64. The van der Waals surface area contributed by atoms with Gasteiger partial charge < -0.3 is 10.1 Å². The number of aromatic nitrogens is 2. The van der Waals surface area contributed by atoms with Gasteiger partial charge in [-0.15, -0.1) is 10.2 Å². The van der Waals surface area contributed by atoms with Crippen molar-refractivity contribution in [3.63, 3.8) is 0 Å². The third-order valence-electron chi connectivity index (χ3n) is 4.52. The second-order valence-corrected chi connectivity index (χ2v) is 10.8. The summed E-state index contributed by atoms with van der Waals surface area (Å²) < 4.78 is 33.2. The van der Waals surface area contributed by atoms with Gasteiger partial charge in [-0.25, -0.2) is 8.42 Å². The molecule has 1 amide bonds. The second kappa shape index (κ2) is 9.88. The van der Waals surface area contributed by atoms with E-state index in [0.717, 1.165) is 16.5 Å². The molecule has 1 unspecified atom stereocenters. The van der Waals surface area contributed by atoms with Crippen molar-refractivity contribution in [1.29, 1.82) is 0 Å². The van der Waals surface area contributed by atoms with Crippen LogP contribution in [0.1, 0.15) is 26.2 Å². The largest absolute Gasteiger partial charge is 0.497 e. The highest BCUT2D eigenvalue weighted by molar-refractivity contribution is 8.01. The van der Waals surface area contributed by atoms with Crippen molar-refractivity contribution in [1.82, 2.24) is 14.5 Å². The number of rotatable bonds is 8. The van der Waals surface area contributed by atoms with Crippen molar-refractivity contribution in [2.75, 3.05) is 31.3 Å². The molecule has 158 valence electrons. The van der Waals surface area contributed by atoms with Gasteiger partial charge in [-0.3, -0.25) is 4.79 Å². The molecule has 0 bridgehead atoms. The molecule has 1 aliphatic rings. The van der Waals surface area contributed by atoms with Crippen molar-refractivity contribution in [3.05, 3.63) is 24.3 Å². The molecule has 1 N–H and O–H groups in total. The molecule has 3 rings (SSSR count). The highest BCUT2D eigenvalue weighted by Gasteiger charge is 2.33. The first kappa shape index (κ1) is 22.0. The lowest BCUT2D eigenvalue weighted by atomic mass is 9.99. The second-order valence-electron chi connectivity index (χ2n) is 6.59. The smallest absolute Gasteiger partial charge is 0.243 e. The Hall–Kier alpha value is -1.69. The first-order valence-corrected chi connectivity index (χ1v) is 12.6. The zero-order valence-corrected chi connectivity index (χ0v) is 18.8. The summed E-state index contributed by atoms with van der Waals surface area (Å²) in [6.07, 6.45) is 2.30. The maximum atomic E-state index is 12.9. The van der Waals surface area contributed by atoms with Gasteiger partial charge in [0.1, 0.15) is 5.75 Å². The van der Waals surface area contributed by atoms with Gasteiger partial charge in [-0.1, -0.05) is 30.0 Å². The molecule has 11 heteroatoms.